The lowest BCUT2D eigenvalue weighted by Crippen LogP contribution is -2.10. The van der Waals surface area contributed by atoms with Crippen LogP contribution < -0.4 is 14.2 Å². The van der Waals surface area contributed by atoms with Crippen molar-refractivity contribution in [3.05, 3.63) is 94.6 Å². The fourth-order valence-corrected chi connectivity index (χ4v) is 4.07. The number of hydrogen-bond donors (Lipinski definition) is 0. The zero-order valence-electron chi connectivity index (χ0n) is 24.1. The first kappa shape index (κ1) is 31.9. The lowest BCUT2D eigenvalue weighted by atomic mass is 10.0. The average Bonchev–Trinajstić information content (AvgIpc) is 2.99. The van der Waals surface area contributed by atoms with Crippen molar-refractivity contribution in [3.63, 3.8) is 0 Å². The van der Waals surface area contributed by atoms with Crippen LogP contribution in [0.15, 0.2) is 78.9 Å². The van der Waals surface area contributed by atoms with E-state index in [-0.39, 0.29) is 23.0 Å². The standard InChI is InChI=1S/C33H37NO8/c1-4-39-28-16-11-25(12-17-28)27-15-20-31(30(23-27)34(37)38)42-33(36)26-13-18-29(19-14-26)40-21-9-7-5-6-8-10-22-41-32(35)24(2)3/h11-20,23H,2,4-10,21-22H2,1,3H3. The molecule has 9 heteroatoms. The van der Waals surface area contributed by atoms with E-state index in [4.69, 9.17) is 18.9 Å². The van der Waals surface area contributed by atoms with Gasteiger partial charge in [0.15, 0.2) is 0 Å². The second-order valence-corrected chi connectivity index (χ2v) is 9.70. The molecule has 0 aromatic heterocycles. The first-order valence-electron chi connectivity index (χ1n) is 14.1. The van der Waals surface area contributed by atoms with Crippen molar-refractivity contribution in [2.75, 3.05) is 19.8 Å². The molecule has 3 aromatic rings. The van der Waals surface area contributed by atoms with Crippen LogP contribution in [0, 0.1) is 10.1 Å². The first-order chi connectivity index (χ1) is 20.3. The SMILES string of the molecule is C=C(C)C(=O)OCCCCCCCCOc1ccc(C(=O)Oc2ccc(-c3ccc(OCC)cc3)cc2[N+](=O)[O-])cc1. The van der Waals surface area contributed by atoms with Gasteiger partial charge in [-0.1, -0.05) is 50.5 Å². The number of nitrogens with zero attached hydrogens (tertiary/aromatic N) is 1. The van der Waals surface area contributed by atoms with E-state index in [1.165, 1.54) is 12.1 Å². The zero-order chi connectivity index (χ0) is 30.3. The Hall–Kier alpha value is -4.66. The molecule has 0 aliphatic carbocycles. The van der Waals surface area contributed by atoms with Crippen LogP contribution in [0.4, 0.5) is 5.69 Å². The van der Waals surface area contributed by atoms with Gasteiger partial charge >= 0.3 is 17.6 Å². The largest absolute Gasteiger partial charge is 0.494 e. The van der Waals surface area contributed by atoms with Crippen LogP contribution in [0.1, 0.15) is 62.7 Å². The second-order valence-electron chi connectivity index (χ2n) is 9.70. The maximum absolute atomic E-state index is 12.7. The zero-order valence-corrected chi connectivity index (χ0v) is 24.1. The van der Waals surface area contributed by atoms with Crippen molar-refractivity contribution in [3.8, 4) is 28.4 Å². The van der Waals surface area contributed by atoms with E-state index in [1.807, 2.05) is 19.1 Å². The van der Waals surface area contributed by atoms with Gasteiger partial charge in [0.25, 0.3) is 0 Å². The van der Waals surface area contributed by atoms with E-state index >= 15 is 0 Å². The van der Waals surface area contributed by atoms with Crippen LogP contribution in [-0.2, 0) is 9.53 Å². The molecule has 0 aliphatic heterocycles. The lowest BCUT2D eigenvalue weighted by molar-refractivity contribution is -0.385. The van der Waals surface area contributed by atoms with Gasteiger partial charge in [-0.3, -0.25) is 10.1 Å². The quantitative estimate of drug-likeness (QED) is 0.0401. The number of benzene rings is 3. The number of hydrogen-bond acceptors (Lipinski definition) is 8. The van der Waals surface area contributed by atoms with Gasteiger partial charge in [0.1, 0.15) is 11.5 Å². The minimum atomic E-state index is -0.701. The van der Waals surface area contributed by atoms with Crippen LogP contribution in [0.25, 0.3) is 11.1 Å². The lowest BCUT2D eigenvalue weighted by Gasteiger charge is -2.09. The molecule has 0 saturated carbocycles. The molecule has 9 nitrogen and oxygen atoms in total. The van der Waals surface area contributed by atoms with Crippen molar-refractivity contribution in [2.45, 2.75) is 52.4 Å². The third kappa shape index (κ3) is 10.1. The summed E-state index contributed by atoms with van der Waals surface area (Å²) in [5.74, 6) is 0.159. The molecule has 0 saturated heterocycles. The van der Waals surface area contributed by atoms with Crippen molar-refractivity contribution in [2.24, 2.45) is 0 Å². The third-order valence-corrected chi connectivity index (χ3v) is 6.34. The van der Waals surface area contributed by atoms with Crippen LogP contribution >= 0.6 is 0 Å². The third-order valence-electron chi connectivity index (χ3n) is 6.34. The molecule has 0 unspecified atom stereocenters. The highest BCUT2D eigenvalue weighted by molar-refractivity contribution is 5.92. The first-order valence-corrected chi connectivity index (χ1v) is 14.1. The number of carbonyl (C=O) groups excluding carboxylic acids is 2. The highest BCUT2D eigenvalue weighted by Gasteiger charge is 2.20. The molecule has 0 radical (unpaired) electrons. The molecule has 0 fully saturated rings. The highest BCUT2D eigenvalue weighted by atomic mass is 16.6. The Morgan fingerprint density at radius 2 is 1.36 bits per heavy atom. The molecular formula is C33H37NO8. The Morgan fingerprint density at radius 3 is 1.98 bits per heavy atom. The number of carbonyl (C=O) groups is 2. The molecular weight excluding hydrogens is 538 g/mol. The van der Waals surface area contributed by atoms with Gasteiger partial charge in [0, 0.05) is 11.6 Å². The molecule has 3 rings (SSSR count). The Bertz CT molecular complexity index is 1350. The van der Waals surface area contributed by atoms with Gasteiger partial charge in [-0.25, -0.2) is 9.59 Å². The Labute approximate surface area is 246 Å². The van der Waals surface area contributed by atoms with Gasteiger partial charge < -0.3 is 18.9 Å². The molecule has 0 N–H and O–H groups in total. The predicted octanol–water partition coefficient (Wildman–Crippen LogP) is 7.72. The van der Waals surface area contributed by atoms with E-state index in [2.05, 4.69) is 6.58 Å². The molecule has 0 amide bonds. The maximum atomic E-state index is 12.7. The van der Waals surface area contributed by atoms with Gasteiger partial charge in [-0.2, -0.15) is 0 Å². The summed E-state index contributed by atoms with van der Waals surface area (Å²) >= 11 is 0. The molecule has 42 heavy (non-hydrogen) atoms. The maximum Gasteiger partial charge on any atom is 0.343 e. The Balaban J connectivity index is 1.43. The molecule has 3 aromatic carbocycles. The molecule has 0 spiro atoms. The molecule has 0 heterocycles. The van der Waals surface area contributed by atoms with Crippen LogP contribution in [0.5, 0.6) is 17.2 Å². The number of unbranched alkanes of at least 4 members (excludes halogenated alkanes) is 5. The number of nitro benzene ring substituents is 1. The summed E-state index contributed by atoms with van der Waals surface area (Å²) in [6.07, 6.45) is 5.88. The highest BCUT2D eigenvalue weighted by Crippen LogP contribution is 2.33. The number of ether oxygens (including phenoxy) is 4. The van der Waals surface area contributed by atoms with E-state index in [0.717, 1.165) is 44.1 Å². The molecule has 222 valence electrons. The number of esters is 2. The summed E-state index contributed by atoms with van der Waals surface area (Å²) in [5.41, 5.74) is 1.75. The summed E-state index contributed by atoms with van der Waals surface area (Å²) < 4.78 is 21.7. The van der Waals surface area contributed by atoms with Gasteiger partial charge in [-0.05, 0) is 80.3 Å². The van der Waals surface area contributed by atoms with E-state index in [0.29, 0.717) is 42.5 Å². The van der Waals surface area contributed by atoms with Gasteiger partial charge in [0.2, 0.25) is 5.75 Å². The van der Waals surface area contributed by atoms with Gasteiger partial charge in [-0.15, -0.1) is 0 Å². The van der Waals surface area contributed by atoms with E-state index < -0.39 is 10.9 Å². The van der Waals surface area contributed by atoms with Crippen LogP contribution in [-0.4, -0.2) is 36.7 Å². The fraction of sp³-hybridized carbons (Fsp3) is 0.333. The normalized spacial score (nSPS) is 10.5. The molecule has 0 atom stereocenters. The van der Waals surface area contributed by atoms with Crippen LogP contribution in [0.3, 0.4) is 0 Å². The summed E-state index contributed by atoms with van der Waals surface area (Å²) in [6.45, 7) is 8.60. The van der Waals surface area contributed by atoms with Crippen molar-refractivity contribution >= 4 is 17.6 Å². The van der Waals surface area contributed by atoms with E-state index in [1.54, 1.807) is 49.4 Å². The summed E-state index contributed by atoms with van der Waals surface area (Å²) in [5, 5.41) is 11.7. The smallest absolute Gasteiger partial charge is 0.343 e. The average molecular weight is 576 g/mol. The van der Waals surface area contributed by atoms with Crippen LogP contribution in [0.2, 0.25) is 0 Å². The topological polar surface area (TPSA) is 114 Å². The van der Waals surface area contributed by atoms with Crippen molar-refractivity contribution < 1.29 is 33.5 Å². The fourth-order valence-electron chi connectivity index (χ4n) is 4.07. The molecule has 0 bridgehead atoms. The molecule has 0 aliphatic rings. The van der Waals surface area contributed by atoms with Crippen molar-refractivity contribution in [1.82, 2.24) is 0 Å². The second kappa shape index (κ2) is 16.6. The van der Waals surface area contributed by atoms with Crippen molar-refractivity contribution in [1.29, 1.82) is 0 Å². The summed E-state index contributed by atoms with van der Waals surface area (Å²) in [6, 6.07) is 18.2. The minimum absolute atomic E-state index is 0.132. The Kier molecular flexibility index (Phi) is 12.6. The number of nitro groups is 1. The minimum Gasteiger partial charge on any atom is -0.494 e. The Morgan fingerprint density at radius 1 is 0.786 bits per heavy atom. The predicted molar refractivity (Wildman–Crippen MR) is 160 cm³/mol. The van der Waals surface area contributed by atoms with Gasteiger partial charge in [0.05, 0.1) is 30.3 Å². The van der Waals surface area contributed by atoms with E-state index in [9.17, 15) is 19.7 Å². The number of rotatable bonds is 17. The summed E-state index contributed by atoms with van der Waals surface area (Å²) in [4.78, 5) is 35.2. The monoisotopic (exact) mass is 575 g/mol. The summed E-state index contributed by atoms with van der Waals surface area (Å²) in [7, 11) is 0.